The number of halogens is 1. The Kier molecular flexibility index (Phi) is 4.88. The largest absolute Gasteiger partial charge is 0.490 e. The second-order valence-corrected chi connectivity index (χ2v) is 5.34. The van der Waals surface area contributed by atoms with E-state index in [1.807, 2.05) is 24.3 Å². The first kappa shape index (κ1) is 15.5. The maximum absolute atomic E-state index is 12.1. The Hall–Kier alpha value is -2.40. The van der Waals surface area contributed by atoms with Gasteiger partial charge in [0.15, 0.2) is 11.5 Å². The van der Waals surface area contributed by atoms with E-state index < -0.39 is 6.10 Å². The maximum atomic E-state index is 12.1. The topological polar surface area (TPSA) is 56.8 Å². The van der Waals surface area contributed by atoms with E-state index >= 15 is 0 Å². The molecule has 0 radical (unpaired) electrons. The van der Waals surface area contributed by atoms with Gasteiger partial charge in [-0.3, -0.25) is 4.79 Å². The summed E-state index contributed by atoms with van der Waals surface area (Å²) >= 11 is 5.99. The standard InChI is InChI=1S/C17H16ClNO4/c18-12-5-1-2-6-13(12)21-10-9-19-17(20)16-11-22-14-7-3-4-8-15(14)23-16/h1-8,16H,9-11H2,(H,19,20). The zero-order valence-electron chi connectivity index (χ0n) is 12.3. The van der Waals surface area contributed by atoms with Crippen LogP contribution in [0.1, 0.15) is 0 Å². The molecule has 1 aliphatic heterocycles. The molecule has 0 fully saturated rings. The Morgan fingerprint density at radius 3 is 2.74 bits per heavy atom. The van der Waals surface area contributed by atoms with Crippen LogP contribution >= 0.6 is 11.6 Å². The average molecular weight is 334 g/mol. The van der Waals surface area contributed by atoms with Crippen LogP contribution in [0.25, 0.3) is 0 Å². The van der Waals surface area contributed by atoms with Gasteiger partial charge in [0.05, 0.1) is 11.6 Å². The second-order valence-electron chi connectivity index (χ2n) is 4.93. The Morgan fingerprint density at radius 1 is 1.17 bits per heavy atom. The van der Waals surface area contributed by atoms with E-state index in [4.69, 9.17) is 25.8 Å². The minimum absolute atomic E-state index is 0.189. The number of nitrogens with one attached hydrogen (secondary N) is 1. The third-order valence-electron chi connectivity index (χ3n) is 3.30. The fourth-order valence-corrected chi connectivity index (χ4v) is 2.35. The van der Waals surface area contributed by atoms with E-state index in [0.717, 1.165) is 0 Å². The molecule has 3 rings (SSSR count). The summed E-state index contributed by atoms with van der Waals surface area (Å²) in [5, 5.41) is 3.30. The molecule has 5 nitrogen and oxygen atoms in total. The van der Waals surface area contributed by atoms with Crippen LogP contribution in [0.4, 0.5) is 0 Å². The first-order chi connectivity index (χ1) is 11.2. The third kappa shape index (κ3) is 3.87. The molecular weight excluding hydrogens is 318 g/mol. The number of para-hydroxylation sites is 3. The molecule has 2 aromatic rings. The fraction of sp³-hybridized carbons (Fsp3) is 0.235. The highest BCUT2D eigenvalue weighted by Gasteiger charge is 2.26. The van der Waals surface area contributed by atoms with Gasteiger partial charge in [-0.1, -0.05) is 35.9 Å². The molecule has 1 N–H and O–H groups in total. The Balaban J connectivity index is 1.45. The normalized spacial score (nSPS) is 15.8. The molecule has 0 saturated heterocycles. The van der Waals surface area contributed by atoms with E-state index in [-0.39, 0.29) is 12.5 Å². The summed E-state index contributed by atoms with van der Waals surface area (Å²) < 4.78 is 16.7. The van der Waals surface area contributed by atoms with Crippen LogP contribution in [0.5, 0.6) is 17.2 Å². The quantitative estimate of drug-likeness (QED) is 0.855. The molecule has 0 aliphatic carbocycles. The highest BCUT2D eigenvalue weighted by molar-refractivity contribution is 6.32. The van der Waals surface area contributed by atoms with Gasteiger partial charge >= 0.3 is 0 Å². The van der Waals surface area contributed by atoms with Crippen LogP contribution < -0.4 is 19.5 Å². The molecule has 0 bridgehead atoms. The van der Waals surface area contributed by atoms with Gasteiger partial charge < -0.3 is 19.5 Å². The molecule has 1 aliphatic rings. The highest BCUT2D eigenvalue weighted by atomic mass is 35.5. The molecule has 1 heterocycles. The van der Waals surface area contributed by atoms with Crippen molar-refractivity contribution in [3.05, 3.63) is 53.6 Å². The smallest absolute Gasteiger partial charge is 0.264 e. The van der Waals surface area contributed by atoms with Gasteiger partial charge in [0.2, 0.25) is 6.10 Å². The van der Waals surface area contributed by atoms with Crippen molar-refractivity contribution in [3.8, 4) is 17.2 Å². The van der Waals surface area contributed by atoms with Crippen molar-refractivity contribution >= 4 is 17.5 Å². The lowest BCUT2D eigenvalue weighted by molar-refractivity contribution is -0.130. The zero-order valence-corrected chi connectivity index (χ0v) is 13.1. The second kappa shape index (κ2) is 7.24. The van der Waals surface area contributed by atoms with Crippen molar-refractivity contribution in [2.24, 2.45) is 0 Å². The summed E-state index contributed by atoms with van der Waals surface area (Å²) in [4.78, 5) is 12.1. The maximum Gasteiger partial charge on any atom is 0.264 e. The number of rotatable bonds is 5. The minimum Gasteiger partial charge on any atom is -0.490 e. The molecule has 2 aromatic carbocycles. The molecule has 1 amide bonds. The summed E-state index contributed by atoms with van der Waals surface area (Å²) in [5.74, 6) is 1.58. The number of ether oxygens (including phenoxy) is 3. The molecule has 0 saturated carbocycles. The van der Waals surface area contributed by atoms with Crippen LogP contribution in [-0.2, 0) is 4.79 Å². The van der Waals surface area contributed by atoms with E-state index in [1.165, 1.54) is 0 Å². The Labute approximate surface area is 139 Å². The summed E-state index contributed by atoms with van der Waals surface area (Å²) in [6.45, 7) is 0.861. The molecule has 0 spiro atoms. The van der Waals surface area contributed by atoms with Crippen molar-refractivity contribution in [1.82, 2.24) is 5.32 Å². The molecule has 120 valence electrons. The first-order valence-electron chi connectivity index (χ1n) is 7.27. The summed E-state index contributed by atoms with van der Waals surface area (Å²) in [5.41, 5.74) is 0. The number of amides is 1. The Bertz CT molecular complexity index is 692. The van der Waals surface area contributed by atoms with Crippen molar-refractivity contribution < 1.29 is 19.0 Å². The number of carbonyl (C=O) groups excluding carboxylic acids is 1. The van der Waals surface area contributed by atoms with E-state index in [1.54, 1.807) is 24.3 Å². The molecule has 23 heavy (non-hydrogen) atoms. The first-order valence-corrected chi connectivity index (χ1v) is 7.65. The minimum atomic E-state index is -0.662. The lowest BCUT2D eigenvalue weighted by Gasteiger charge is -2.25. The number of carbonyl (C=O) groups is 1. The summed E-state index contributed by atoms with van der Waals surface area (Å²) in [6, 6.07) is 14.5. The summed E-state index contributed by atoms with van der Waals surface area (Å²) in [6.07, 6.45) is -0.662. The number of benzene rings is 2. The van der Waals surface area contributed by atoms with E-state index in [2.05, 4.69) is 5.32 Å². The van der Waals surface area contributed by atoms with Gasteiger partial charge in [-0.15, -0.1) is 0 Å². The number of hydrogen-bond acceptors (Lipinski definition) is 4. The molecule has 1 unspecified atom stereocenters. The van der Waals surface area contributed by atoms with Gasteiger partial charge in [0.1, 0.15) is 19.0 Å². The van der Waals surface area contributed by atoms with Gasteiger partial charge in [-0.25, -0.2) is 0 Å². The van der Waals surface area contributed by atoms with Gasteiger partial charge in [0.25, 0.3) is 5.91 Å². The Morgan fingerprint density at radius 2 is 1.91 bits per heavy atom. The lowest BCUT2D eigenvalue weighted by Crippen LogP contribution is -2.45. The van der Waals surface area contributed by atoms with Crippen LogP contribution in [0, 0.1) is 0 Å². The average Bonchev–Trinajstić information content (AvgIpc) is 2.59. The van der Waals surface area contributed by atoms with Crippen molar-refractivity contribution in [2.75, 3.05) is 19.8 Å². The van der Waals surface area contributed by atoms with Crippen molar-refractivity contribution in [1.29, 1.82) is 0 Å². The van der Waals surface area contributed by atoms with Crippen molar-refractivity contribution in [2.45, 2.75) is 6.10 Å². The zero-order chi connectivity index (χ0) is 16.1. The van der Waals surface area contributed by atoms with Gasteiger partial charge in [-0.05, 0) is 24.3 Å². The molecule has 1 atom stereocenters. The van der Waals surface area contributed by atoms with E-state index in [0.29, 0.717) is 35.4 Å². The van der Waals surface area contributed by atoms with Crippen LogP contribution in [0.15, 0.2) is 48.5 Å². The van der Waals surface area contributed by atoms with E-state index in [9.17, 15) is 4.79 Å². The number of hydrogen-bond donors (Lipinski definition) is 1. The SMILES string of the molecule is O=C(NCCOc1ccccc1Cl)C1COc2ccccc2O1. The molecular formula is C17H16ClNO4. The fourth-order valence-electron chi connectivity index (χ4n) is 2.16. The predicted octanol–water partition coefficient (Wildman–Crippen LogP) is 2.68. The van der Waals surface area contributed by atoms with Crippen molar-refractivity contribution in [3.63, 3.8) is 0 Å². The number of fused-ring (bicyclic) bond motifs is 1. The molecule has 0 aromatic heterocycles. The third-order valence-corrected chi connectivity index (χ3v) is 3.61. The lowest BCUT2D eigenvalue weighted by atomic mass is 10.2. The van der Waals surface area contributed by atoms with Gasteiger partial charge in [-0.2, -0.15) is 0 Å². The van der Waals surface area contributed by atoms with Crippen LogP contribution in [0.2, 0.25) is 5.02 Å². The monoisotopic (exact) mass is 333 g/mol. The van der Waals surface area contributed by atoms with Crippen LogP contribution in [-0.4, -0.2) is 31.8 Å². The van der Waals surface area contributed by atoms with Crippen LogP contribution in [0.3, 0.4) is 0 Å². The predicted molar refractivity (Wildman–Crippen MR) is 86.3 cm³/mol. The molecule has 6 heteroatoms. The highest BCUT2D eigenvalue weighted by Crippen LogP contribution is 2.30. The summed E-state index contributed by atoms with van der Waals surface area (Å²) in [7, 11) is 0. The van der Waals surface area contributed by atoms with Gasteiger partial charge in [0, 0.05) is 0 Å².